The van der Waals surface area contributed by atoms with Crippen LogP contribution in [0, 0.1) is 0 Å². The number of hydrogen-bond donors (Lipinski definition) is 3. The molecule has 1 aromatic rings. The van der Waals surface area contributed by atoms with E-state index in [9.17, 15) is 13.2 Å². The lowest BCUT2D eigenvalue weighted by Gasteiger charge is -2.01. The summed E-state index contributed by atoms with van der Waals surface area (Å²) in [7, 11) is -3.48. The van der Waals surface area contributed by atoms with Crippen molar-refractivity contribution in [1.29, 1.82) is 0 Å². The van der Waals surface area contributed by atoms with Crippen LogP contribution < -0.4 is 16.2 Å². The number of carbonyl (C=O) groups is 1. The van der Waals surface area contributed by atoms with Crippen molar-refractivity contribution in [2.24, 2.45) is 16.5 Å². The Morgan fingerprint density at radius 2 is 2.25 bits per heavy atom. The molecule has 0 aliphatic heterocycles. The zero-order valence-electron chi connectivity index (χ0n) is 10.7. The Morgan fingerprint density at radius 1 is 1.55 bits per heavy atom. The van der Waals surface area contributed by atoms with Crippen molar-refractivity contribution in [2.45, 2.75) is 12.2 Å². The quantitative estimate of drug-likeness (QED) is 0.354. The van der Waals surface area contributed by atoms with Crippen molar-refractivity contribution in [3.63, 3.8) is 0 Å². The number of sulfonamides is 1. The molecule has 11 heteroatoms. The fourth-order valence-corrected chi connectivity index (χ4v) is 3.28. The summed E-state index contributed by atoms with van der Waals surface area (Å²) in [5.74, 6) is 0.537. The lowest BCUT2D eigenvalue weighted by molar-refractivity contribution is -0.118. The van der Waals surface area contributed by atoms with Gasteiger partial charge in [0.05, 0.1) is 11.9 Å². The molecule has 1 aromatic heterocycles. The first-order chi connectivity index (χ1) is 9.26. The Kier molecular flexibility index (Phi) is 6.23. The molecule has 0 aliphatic carbocycles. The maximum atomic E-state index is 11.2. The first kappa shape index (κ1) is 16.7. The van der Waals surface area contributed by atoms with Crippen LogP contribution in [0.2, 0.25) is 0 Å². The van der Waals surface area contributed by atoms with Crippen LogP contribution in [0.5, 0.6) is 0 Å². The maximum absolute atomic E-state index is 11.2. The minimum Gasteiger partial charge on any atom is -0.370 e. The highest BCUT2D eigenvalue weighted by Gasteiger charge is 2.08. The first-order valence-corrected chi connectivity index (χ1v) is 9.31. The molecule has 5 N–H and O–H groups in total. The lowest BCUT2D eigenvalue weighted by atomic mass is 10.5. The molecular weight excluding hydrogens is 322 g/mol. The van der Waals surface area contributed by atoms with Crippen LogP contribution in [0.1, 0.15) is 12.1 Å². The highest BCUT2D eigenvalue weighted by atomic mass is 32.2. The number of nitrogens with two attached hydrogens (primary N) is 2. The summed E-state index contributed by atoms with van der Waals surface area (Å²) in [6, 6.07) is 0. The minimum absolute atomic E-state index is 0.0454. The zero-order chi connectivity index (χ0) is 15.2. The summed E-state index contributed by atoms with van der Waals surface area (Å²) >= 11 is 2.79. The lowest BCUT2D eigenvalue weighted by Crippen LogP contribution is -2.29. The van der Waals surface area contributed by atoms with E-state index in [4.69, 9.17) is 11.5 Å². The Hall–Kier alpha value is -1.33. The van der Waals surface area contributed by atoms with Gasteiger partial charge in [-0.05, 0) is 0 Å². The second-order valence-electron chi connectivity index (χ2n) is 3.76. The fourth-order valence-electron chi connectivity index (χ4n) is 1.12. The normalized spacial score (nSPS) is 11.1. The number of nitrogens with zero attached hydrogens (tertiary/aromatic N) is 2. The average molecular weight is 337 g/mol. The molecular formula is C9H15N5O3S3. The van der Waals surface area contributed by atoms with Crippen molar-refractivity contribution >= 4 is 50.1 Å². The van der Waals surface area contributed by atoms with E-state index in [-0.39, 0.29) is 12.4 Å². The number of aliphatic imine (C=N–C) groups is 1. The third-order valence-electron chi connectivity index (χ3n) is 1.79. The number of amides is 1. The maximum Gasteiger partial charge on any atom is 0.234 e. The number of hydrogen-bond acceptors (Lipinski definition) is 7. The zero-order valence-corrected chi connectivity index (χ0v) is 13.1. The Labute approximate surface area is 125 Å². The van der Waals surface area contributed by atoms with Gasteiger partial charge in [-0.1, -0.05) is 0 Å². The summed E-state index contributed by atoms with van der Waals surface area (Å²) in [5.41, 5.74) is 11.3. The van der Waals surface area contributed by atoms with E-state index in [1.807, 2.05) is 10.1 Å². The molecule has 0 bridgehead atoms. The number of rotatable bonds is 7. The predicted molar refractivity (Wildman–Crippen MR) is 81.3 cm³/mol. The smallest absolute Gasteiger partial charge is 0.234 e. The third-order valence-corrected chi connectivity index (χ3v) is 4.16. The number of nitrogens with one attached hydrogen (secondary N) is 1. The van der Waals surface area contributed by atoms with Gasteiger partial charge in [-0.25, -0.2) is 13.4 Å². The molecule has 0 aliphatic rings. The molecule has 0 fully saturated rings. The van der Waals surface area contributed by atoms with Crippen LogP contribution >= 0.6 is 23.1 Å². The highest BCUT2D eigenvalue weighted by Crippen LogP contribution is 2.21. The van der Waals surface area contributed by atoms with Gasteiger partial charge < -0.3 is 11.5 Å². The topological polar surface area (TPSA) is 141 Å². The number of aromatic nitrogens is 1. The molecule has 112 valence electrons. The molecule has 0 spiro atoms. The van der Waals surface area contributed by atoms with E-state index < -0.39 is 15.9 Å². The van der Waals surface area contributed by atoms with Crippen LogP contribution in [0.25, 0.3) is 0 Å². The SMILES string of the molecule is CS(=O)(=O)NC(=O)CCSCc1csc(N=C(N)N)n1. The van der Waals surface area contributed by atoms with Crippen LogP contribution in [-0.2, 0) is 20.6 Å². The van der Waals surface area contributed by atoms with Crippen molar-refractivity contribution < 1.29 is 13.2 Å². The molecule has 0 radical (unpaired) electrons. The van der Waals surface area contributed by atoms with Gasteiger partial charge in [-0.2, -0.15) is 16.8 Å². The van der Waals surface area contributed by atoms with Crippen LogP contribution in [0.15, 0.2) is 10.4 Å². The van der Waals surface area contributed by atoms with Gasteiger partial charge in [0.25, 0.3) is 0 Å². The molecule has 0 atom stereocenters. The Balaban J connectivity index is 2.29. The van der Waals surface area contributed by atoms with Gasteiger partial charge in [0, 0.05) is 23.3 Å². The largest absolute Gasteiger partial charge is 0.370 e. The third kappa shape index (κ3) is 7.31. The molecule has 1 rings (SSSR count). The summed E-state index contributed by atoms with van der Waals surface area (Å²) in [5, 5.41) is 2.31. The highest BCUT2D eigenvalue weighted by molar-refractivity contribution is 7.98. The minimum atomic E-state index is -3.48. The second kappa shape index (κ2) is 7.45. The van der Waals surface area contributed by atoms with Crippen molar-refractivity contribution in [2.75, 3.05) is 12.0 Å². The van der Waals surface area contributed by atoms with Crippen LogP contribution in [0.3, 0.4) is 0 Å². The molecule has 0 unspecified atom stereocenters. The number of thioether (sulfide) groups is 1. The standard InChI is InChI=1S/C9H15N5O3S3/c1-20(16,17)14-7(15)2-3-18-4-6-5-19-9(12-6)13-8(10)11/h5H,2-4H2,1H3,(H,14,15)(H4,10,11,12,13). The molecule has 1 heterocycles. The van der Waals surface area contributed by atoms with E-state index >= 15 is 0 Å². The molecule has 0 saturated heterocycles. The predicted octanol–water partition coefficient (Wildman–Crippen LogP) is -0.253. The summed E-state index contributed by atoms with van der Waals surface area (Å²) < 4.78 is 23.5. The molecule has 1 amide bonds. The van der Waals surface area contributed by atoms with E-state index in [0.717, 1.165) is 11.9 Å². The van der Waals surface area contributed by atoms with E-state index in [1.54, 1.807) is 0 Å². The number of thiazole rings is 1. The summed E-state index contributed by atoms with van der Waals surface area (Å²) in [6.07, 6.45) is 1.07. The monoisotopic (exact) mass is 337 g/mol. The van der Waals surface area contributed by atoms with Crippen molar-refractivity contribution in [3.8, 4) is 0 Å². The first-order valence-electron chi connectivity index (χ1n) is 5.38. The van der Waals surface area contributed by atoms with Gasteiger partial charge in [0.2, 0.25) is 21.1 Å². The van der Waals surface area contributed by atoms with Crippen molar-refractivity contribution in [1.82, 2.24) is 9.71 Å². The van der Waals surface area contributed by atoms with E-state index in [0.29, 0.717) is 16.6 Å². The van der Waals surface area contributed by atoms with Gasteiger partial charge in [-0.3, -0.25) is 9.52 Å². The summed E-state index contributed by atoms with van der Waals surface area (Å²) in [6.45, 7) is 0. The summed E-state index contributed by atoms with van der Waals surface area (Å²) in [4.78, 5) is 19.2. The molecule has 0 aromatic carbocycles. The average Bonchev–Trinajstić information content (AvgIpc) is 2.68. The second-order valence-corrected chi connectivity index (χ2v) is 7.45. The van der Waals surface area contributed by atoms with Crippen LogP contribution in [0.4, 0.5) is 5.13 Å². The Morgan fingerprint density at radius 3 is 2.85 bits per heavy atom. The molecule has 0 saturated carbocycles. The van der Waals surface area contributed by atoms with Gasteiger partial charge in [0.1, 0.15) is 0 Å². The molecule has 20 heavy (non-hydrogen) atoms. The molecule has 8 nitrogen and oxygen atoms in total. The van der Waals surface area contributed by atoms with E-state index in [1.165, 1.54) is 23.1 Å². The van der Waals surface area contributed by atoms with E-state index in [2.05, 4.69) is 9.98 Å². The number of carbonyl (C=O) groups excluding carboxylic acids is 1. The Bertz CT molecular complexity index is 592. The van der Waals surface area contributed by atoms with Gasteiger partial charge >= 0.3 is 0 Å². The van der Waals surface area contributed by atoms with Gasteiger partial charge in [-0.15, -0.1) is 11.3 Å². The fraction of sp³-hybridized carbons (Fsp3) is 0.444. The van der Waals surface area contributed by atoms with Crippen LogP contribution in [-0.4, -0.2) is 37.3 Å². The van der Waals surface area contributed by atoms with Gasteiger partial charge in [0.15, 0.2) is 5.96 Å². The number of guanidine groups is 1. The van der Waals surface area contributed by atoms with Crippen molar-refractivity contribution in [3.05, 3.63) is 11.1 Å².